The molecule has 0 spiro atoms. The summed E-state index contributed by atoms with van der Waals surface area (Å²) >= 11 is 0. The first-order valence-corrected chi connectivity index (χ1v) is 11.1. The number of amides is 1. The van der Waals surface area contributed by atoms with Gasteiger partial charge in [-0.1, -0.05) is 30.3 Å². The van der Waals surface area contributed by atoms with Crippen LogP contribution in [0.5, 0.6) is 0 Å². The van der Waals surface area contributed by atoms with Crippen LogP contribution in [0.2, 0.25) is 0 Å². The number of hydrogen-bond donors (Lipinski definition) is 1. The molecule has 2 aliphatic heterocycles. The highest BCUT2D eigenvalue weighted by molar-refractivity contribution is 6.00. The molecule has 2 fully saturated rings. The molecule has 0 radical (unpaired) electrons. The second-order valence-electron chi connectivity index (χ2n) is 8.87. The number of carbonyl (C=O) groups is 1. The third-order valence-electron chi connectivity index (χ3n) is 6.69. The lowest BCUT2D eigenvalue weighted by molar-refractivity contribution is 0.0828. The van der Waals surface area contributed by atoms with E-state index >= 15 is 0 Å². The third-order valence-corrected chi connectivity index (χ3v) is 6.69. The number of aromatic nitrogens is 2. The fourth-order valence-corrected chi connectivity index (χ4v) is 5.24. The quantitative estimate of drug-likeness (QED) is 0.649. The zero-order chi connectivity index (χ0) is 22.2. The Kier molecular flexibility index (Phi) is 5.51. The van der Waals surface area contributed by atoms with E-state index in [9.17, 15) is 13.6 Å². The molecule has 3 heterocycles. The van der Waals surface area contributed by atoms with Gasteiger partial charge in [0.1, 0.15) is 17.3 Å². The Morgan fingerprint density at radius 2 is 1.81 bits per heavy atom. The minimum atomic E-state index is -0.731. The first kappa shape index (κ1) is 20.8. The summed E-state index contributed by atoms with van der Waals surface area (Å²) < 4.78 is 29.2. The van der Waals surface area contributed by atoms with Crippen molar-refractivity contribution in [2.45, 2.75) is 50.4 Å². The molecule has 0 aliphatic carbocycles. The van der Waals surface area contributed by atoms with Crippen LogP contribution >= 0.6 is 0 Å². The number of nitrogens with one attached hydrogen (secondary N) is 1. The maximum absolute atomic E-state index is 14.4. The fraction of sp³-hybridized carbons (Fsp3) is 0.360. The molecule has 2 saturated heterocycles. The van der Waals surface area contributed by atoms with Gasteiger partial charge in [-0.2, -0.15) is 5.10 Å². The van der Waals surface area contributed by atoms with Gasteiger partial charge in [-0.25, -0.2) is 8.78 Å². The Balaban J connectivity index is 1.30. The number of rotatable bonds is 5. The van der Waals surface area contributed by atoms with Crippen LogP contribution < -0.4 is 5.32 Å². The zero-order valence-electron chi connectivity index (χ0n) is 18.0. The molecule has 2 atom stereocenters. The van der Waals surface area contributed by atoms with Gasteiger partial charge in [0.2, 0.25) is 0 Å². The average molecular weight is 437 g/mol. The van der Waals surface area contributed by atoms with Crippen molar-refractivity contribution < 1.29 is 13.6 Å². The van der Waals surface area contributed by atoms with Gasteiger partial charge in [-0.3, -0.25) is 14.4 Å². The van der Waals surface area contributed by atoms with E-state index in [0.29, 0.717) is 17.6 Å². The summed E-state index contributed by atoms with van der Waals surface area (Å²) in [5, 5.41) is 7.43. The van der Waals surface area contributed by atoms with Gasteiger partial charge in [0.05, 0.1) is 5.56 Å². The van der Waals surface area contributed by atoms with Crippen LogP contribution in [0.25, 0.3) is 11.3 Å². The molecular formula is C25H26F2N4O. The van der Waals surface area contributed by atoms with E-state index in [1.165, 1.54) is 22.4 Å². The van der Waals surface area contributed by atoms with Crippen molar-refractivity contribution in [1.82, 2.24) is 20.0 Å². The van der Waals surface area contributed by atoms with Crippen LogP contribution in [-0.2, 0) is 13.6 Å². The van der Waals surface area contributed by atoms with Gasteiger partial charge >= 0.3 is 0 Å². The van der Waals surface area contributed by atoms with Crippen LogP contribution in [0.3, 0.4) is 0 Å². The lowest BCUT2D eigenvalue weighted by atomic mass is 9.96. The molecule has 1 amide bonds. The second kappa shape index (κ2) is 8.47. The summed E-state index contributed by atoms with van der Waals surface area (Å²) in [6.07, 6.45) is 5.67. The normalized spacial score (nSPS) is 22.8. The molecule has 1 aromatic heterocycles. The number of benzene rings is 2. The monoisotopic (exact) mass is 436 g/mol. The number of fused-ring (bicyclic) bond motifs is 2. The van der Waals surface area contributed by atoms with E-state index in [2.05, 4.69) is 39.6 Å². The molecule has 2 unspecified atom stereocenters. The van der Waals surface area contributed by atoms with Crippen LogP contribution in [0.4, 0.5) is 8.78 Å². The number of carbonyl (C=O) groups excluding carboxylic acids is 1. The molecule has 1 N–H and O–H groups in total. The molecular weight excluding hydrogens is 410 g/mol. The smallest absolute Gasteiger partial charge is 0.255 e. The second-order valence-corrected chi connectivity index (χ2v) is 8.87. The summed E-state index contributed by atoms with van der Waals surface area (Å²) in [6, 6.07) is 14.8. The van der Waals surface area contributed by atoms with Crippen molar-refractivity contribution in [3.05, 3.63) is 77.5 Å². The van der Waals surface area contributed by atoms with Crippen molar-refractivity contribution in [2.75, 3.05) is 0 Å². The average Bonchev–Trinajstić information content (AvgIpc) is 3.25. The Hall–Kier alpha value is -3.06. The Morgan fingerprint density at radius 3 is 2.50 bits per heavy atom. The van der Waals surface area contributed by atoms with Gasteiger partial charge in [0.15, 0.2) is 0 Å². The van der Waals surface area contributed by atoms with E-state index in [4.69, 9.17) is 0 Å². The van der Waals surface area contributed by atoms with Gasteiger partial charge in [0.25, 0.3) is 5.91 Å². The molecule has 3 aromatic rings. The summed E-state index contributed by atoms with van der Waals surface area (Å²) in [7, 11) is 1.68. The maximum atomic E-state index is 14.4. The molecule has 0 saturated carbocycles. The summed E-state index contributed by atoms with van der Waals surface area (Å²) in [5.41, 5.74) is 1.96. The topological polar surface area (TPSA) is 50.2 Å². The van der Waals surface area contributed by atoms with Crippen molar-refractivity contribution in [2.24, 2.45) is 7.05 Å². The largest absolute Gasteiger partial charge is 0.349 e. The van der Waals surface area contributed by atoms with Crippen LogP contribution in [0, 0.1) is 11.6 Å². The minimum Gasteiger partial charge on any atom is -0.349 e. The number of nitrogens with zero attached hydrogens (tertiary/aromatic N) is 3. The number of aryl methyl sites for hydroxylation is 1. The molecule has 5 rings (SSSR count). The van der Waals surface area contributed by atoms with Crippen molar-refractivity contribution in [3.8, 4) is 11.3 Å². The van der Waals surface area contributed by atoms with Gasteiger partial charge in [-0.15, -0.1) is 0 Å². The summed E-state index contributed by atoms with van der Waals surface area (Å²) in [6.45, 7) is 0.938. The highest BCUT2D eigenvalue weighted by atomic mass is 19.1. The molecule has 2 aliphatic rings. The lowest BCUT2D eigenvalue weighted by Crippen LogP contribution is -2.50. The minimum absolute atomic E-state index is 0.0677. The summed E-state index contributed by atoms with van der Waals surface area (Å²) in [5.74, 6) is -1.66. The van der Waals surface area contributed by atoms with Crippen LogP contribution in [0.1, 0.15) is 41.6 Å². The van der Waals surface area contributed by atoms with Crippen molar-refractivity contribution in [3.63, 3.8) is 0 Å². The molecule has 166 valence electrons. The standard InChI is InChI=1S/C25H26F2N4O/c1-30-15-22(24(29-30)21-10-7-17(26)11-23(21)27)25(32)28-18-12-19-8-9-20(13-18)31(19)14-16-5-3-2-4-6-16/h2-7,10-11,15,18-20H,8-9,12-14H2,1H3,(H,28,32). The van der Waals surface area contributed by atoms with E-state index < -0.39 is 11.6 Å². The first-order chi connectivity index (χ1) is 15.5. The number of piperidine rings is 1. The SMILES string of the molecule is Cn1cc(C(=O)NC2CC3CCC(C2)N3Cc2ccccc2)c(-c2ccc(F)cc2F)n1. The fourth-order valence-electron chi connectivity index (χ4n) is 5.24. The van der Waals surface area contributed by atoms with E-state index in [0.717, 1.165) is 38.3 Å². The van der Waals surface area contributed by atoms with E-state index in [1.807, 2.05) is 6.07 Å². The predicted octanol–water partition coefficient (Wildman–Crippen LogP) is 4.29. The molecule has 2 bridgehead atoms. The van der Waals surface area contributed by atoms with Crippen LogP contribution in [0.15, 0.2) is 54.7 Å². The predicted molar refractivity (Wildman–Crippen MR) is 118 cm³/mol. The Bertz CT molecular complexity index is 1120. The molecule has 7 heteroatoms. The maximum Gasteiger partial charge on any atom is 0.255 e. The number of halogens is 2. The number of hydrogen-bond acceptors (Lipinski definition) is 3. The van der Waals surface area contributed by atoms with Gasteiger partial charge in [0, 0.05) is 49.5 Å². The van der Waals surface area contributed by atoms with Gasteiger partial charge < -0.3 is 5.32 Å². The molecule has 32 heavy (non-hydrogen) atoms. The van der Waals surface area contributed by atoms with E-state index in [-0.39, 0.29) is 23.2 Å². The van der Waals surface area contributed by atoms with Crippen LogP contribution in [-0.4, -0.2) is 38.7 Å². The third kappa shape index (κ3) is 4.05. The molecule has 2 aromatic carbocycles. The van der Waals surface area contributed by atoms with Gasteiger partial charge in [-0.05, 0) is 43.4 Å². The Morgan fingerprint density at radius 1 is 1.09 bits per heavy atom. The molecule has 5 nitrogen and oxygen atoms in total. The highest BCUT2D eigenvalue weighted by Gasteiger charge is 2.41. The first-order valence-electron chi connectivity index (χ1n) is 11.1. The van der Waals surface area contributed by atoms with Crippen molar-refractivity contribution in [1.29, 1.82) is 0 Å². The summed E-state index contributed by atoms with van der Waals surface area (Å²) in [4.78, 5) is 15.7. The zero-order valence-corrected chi connectivity index (χ0v) is 18.0. The Labute approximate surface area is 186 Å². The lowest BCUT2D eigenvalue weighted by Gasteiger charge is -2.39. The van der Waals surface area contributed by atoms with Crippen molar-refractivity contribution >= 4 is 5.91 Å². The van der Waals surface area contributed by atoms with E-state index in [1.54, 1.807) is 13.2 Å². The highest BCUT2D eigenvalue weighted by Crippen LogP contribution is 2.37.